The van der Waals surface area contributed by atoms with Crippen molar-refractivity contribution in [3.63, 3.8) is 0 Å². The summed E-state index contributed by atoms with van der Waals surface area (Å²) in [7, 11) is 0. The van der Waals surface area contributed by atoms with Gasteiger partial charge in [-0.3, -0.25) is 9.59 Å². The first-order chi connectivity index (χ1) is 23.4. The van der Waals surface area contributed by atoms with Crippen molar-refractivity contribution in [2.45, 2.75) is 119 Å². The molecule has 2 aromatic rings. The van der Waals surface area contributed by atoms with Crippen LogP contribution >= 0.6 is 0 Å². The summed E-state index contributed by atoms with van der Waals surface area (Å²) in [4.78, 5) is 32.8. The molecule has 0 bridgehead atoms. The Balaban J connectivity index is 2.16. The number of Topliss-reactive ketones (excluding diaryl/α,β-unsaturated/α-hetero) is 2. The van der Waals surface area contributed by atoms with Gasteiger partial charge in [-0.25, -0.2) is 0 Å². The molecule has 0 amide bonds. The number of carbonyl (C=O) groups is 2. The highest BCUT2D eigenvalue weighted by molar-refractivity contribution is 5.98. The summed E-state index contributed by atoms with van der Waals surface area (Å²) in [6, 6.07) is 15.5. The molecule has 6 nitrogen and oxygen atoms in total. The van der Waals surface area contributed by atoms with Crippen LogP contribution in [0.3, 0.4) is 0 Å². The zero-order valence-corrected chi connectivity index (χ0v) is 31.4. The van der Waals surface area contributed by atoms with Gasteiger partial charge in [-0.05, 0) is 126 Å². The van der Waals surface area contributed by atoms with Crippen LogP contribution in [-0.2, 0) is 0 Å². The highest BCUT2D eigenvalue weighted by Gasteiger charge is 2.25. The molecule has 6 heteroatoms. The van der Waals surface area contributed by atoms with Crippen LogP contribution in [0.25, 0.3) is 0 Å². The zero-order valence-electron chi connectivity index (χ0n) is 31.4. The molecule has 270 valence electrons. The number of hydrogen-bond acceptors (Lipinski definition) is 6. The molecule has 0 radical (unpaired) electrons. The lowest BCUT2D eigenvalue weighted by Crippen LogP contribution is -2.35. The number of unbranched alkanes of at least 4 members (excludes halogenated alkanes) is 3. The van der Waals surface area contributed by atoms with E-state index in [4.69, 9.17) is 9.47 Å². The number of rotatable bonds is 29. The molecule has 0 fully saturated rings. The van der Waals surface area contributed by atoms with Crippen LogP contribution in [0.1, 0.15) is 139 Å². The van der Waals surface area contributed by atoms with Gasteiger partial charge in [0.1, 0.15) is 11.5 Å². The van der Waals surface area contributed by atoms with E-state index in [1.54, 1.807) is 0 Å². The van der Waals surface area contributed by atoms with Crippen molar-refractivity contribution < 1.29 is 19.1 Å². The second-order valence-electron chi connectivity index (χ2n) is 13.5. The van der Waals surface area contributed by atoms with E-state index in [2.05, 4.69) is 51.3 Å². The summed E-state index contributed by atoms with van der Waals surface area (Å²) in [5.41, 5.74) is 1.53. The molecular weight excluding hydrogens is 596 g/mol. The van der Waals surface area contributed by atoms with Gasteiger partial charge >= 0.3 is 0 Å². The average Bonchev–Trinajstić information content (AvgIpc) is 3.09. The Hall–Kier alpha value is -2.70. The molecule has 0 spiro atoms. The summed E-state index contributed by atoms with van der Waals surface area (Å²) >= 11 is 0. The number of benzene rings is 2. The van der Waals surface area contributed by atoms with Crippen LogP contribution in [0.15, 0.2) is 48.5 Å². The Morgan fingerprint density at radius 2 is 0.833 bits per heavy atom. The number of carbonyl (C=O) groups excluding carboxylic acids is 2. The Morgan fingerprint density at radius 3 is 1.12 bits per heavy atom. The summed E-state index contributed by atoms with van der Waals surface area (Å²) in [6.07, 6.45) is 12.0. The fraction of sp³-hybridized carbons (Fsp3) is 0.667. The fourth-order valence-electron chi connectivity index (χ4n) is 6.44. The fourth-order valence-corrected chi connectivity index (χ4v) is 6.44. The van der Waals surface area contributed by atoms with Crippen molar-refractivity contribution >= 4 is 11.6 Å². The van der Waals surface area contributed by atoms with Gasteiger partial charge in [-0.15, -0.1) is 0 Å². The number of nitrogens with zero attached hydrogens (tertiary/aromatic N) is 2. The van der Waals surface area contributed by atoms with E-state index < -0.39 is 0 Å². The second-order valence-corrected chi connectivity index (χ2v) is 13.5. The first kappa shape index (κ1) is 41.5. The SMILES string of the molecule is CCCCOc1ccc(C(=O)C(CCCCC(CN(CCC)CCC)C(=O)c2ccc(OCCCC)cc2)CN(CCC)CCC)cc1. The minimum atomic E-state index is -0.0685. The van der Waals surface area contributed by atoms with E-state index >= 15 is 0 Å². The maximum Gasteiger partial charge on any atom is 0.167 e. The summed E-state index contributed by atoms with van der Waals surface area (Å²) < 4.78 is 11.7. The van der Waals surface area contributed by atoms with Crippen molar-refractivity contribution in [2.24, 2.45) is 11.8 Å². The second kappa shape index (κ2) is 25.3. The summed E-state index contributed by atoms with van der Waals surface area (Å²) in [5.74, 6) is 1.95. The molecule has 2 atom stereocenters. The van der Waals surface area contributed by atoms with E-state index in [1.165, 1.54) is 0 Å². The molecule has 0 N–H and O–H groups in total. The molecule has 48 heavy (non-hydrogen) atoms. The van der Waals surface area contributed by atoms with E-state index in [0.717, 1.165) is 139 Å². The van der Waals surface area contributed by atoms with Crippen LogP contribution in [-0.4, -0.2) is 73.8 Å². The maximum atomic E-state index is 13.9. The molecule has 0 aliphatic rings. The lowest BCUT2D eigenvalue weighted by molar-refractivity contribution is 0.0846. The van der Waals surface area contributed by atoms with Gasteiger partial charge in [0.25, 0.3) is 0 Å². The third-order valence-corrected chi connectivity index (χ3v) is 9.02. The van der Waals surface area contributed by atoms with Crippen LogP contribution in [0.5, 0.6) is 11.5 Å². The van der Waals surface area contributed by atoms with E-state index in [1.807, 2.05) is 48.5 Å². The predicted molar refractivity (Wildman–Crippen MR) is 202 cm³/mol. The zero-order chi connectivity index (χ0) is 35.0. The van der Waals surface area contributed by atoms with Gasteiger partial charge in [-0.2, -0.15) is 0 Å². The van der Waals surface area contributed by atoms with Crippen molar-refractivity contribution in [2.75, 3.05) is 52.5 Å². The lowest BCUT2D eigenvalue weighted by atomic mass is 9.88. The number of ketones is 2. The molecule has 0 heterocycles. The van der Waals surface area contributed by atoms with Gasteiger partial charge < -0.3 is 19.3 Å². The summed E-state index contributed by atoms with van der Waals surface area (Å²) in [6.45, 7) is 20.1. The Labute approximate surface area is 294 Å². The first-order valence-corrected chi connectivity index (χ1v) is 19.4. The number of ether oxygens (including phenoxy) is 2. The maximum absolute atomic E-state index is 13.9. The predicted octanol–water partition coefficient (Wildman–Crippen LogP) is 10.1. The highest BCUT2D eigenvalue weighted by atomic mass is 16.5. The first-order valence-electron chi connectivity index (χ1n) is 19.4. The van der Waals surface area contributed by atoms with Crippen LogP contribution < -0.4 is 9.47 Å². The molecule has 0 aromatic heterocycles. The monoisotopic (exact) mass is 665 g/mol. The topological polar surface area (TPSA) is 59.1 Å². The Morgan fingerprint density at radius 1 is 0.500 bits per heavy atom. The van der Waals surface area contributed by atoms with Gasteiger partial charge in [0.05, 0.1) is 13.2 Å². The van der Waals surface area contributed by atoms with Gasteiger partial charge in [-0.1, -0.05) is 67.2 Å². The van der Waals surface area contributed by atoms with E-state index in [9.17, 15) is 9.59 Å². The summed E-state index contributed by atoms with van der Waals surface area (Å²) in [5, 5.41) is 0. The molecule has 0 aliphatic carbocycles. The highest BCUT2D eigenvalue weighted by Crippen LogP contribution is 2.24. The van der Waals surface area contributed by atoms with Crippen molar-refractivity contribution in [3.05, 3.63) is 59.7 Å². The van der Waals surface area contributed by atoms with E-state index in [0.29, 0.717) is 13.2 Å². The smallest absolute Gasteiger partial charge is 0.167 e. The number of hydrogen-bond donors (Lipinski definition) is 0. The van der Waals surface area contributed by atoms with Crippen molar-refractivity contribution in [3.8, 4) is 11.5 Å². The van der Waals surface area contributed by atoms with Crippen LogP contribution in [0.2, 0.25) is 0 Å². The third-order valence-electron chi connectivity index (χ3n) is 9.02. The van der Waals surface area contributed by atoms with Crippen LogP contribution in [0.4, 0.5) is 0 Å². The van der Waals surface area contributed by atoms with Gasteiger partial charge in [0, 0.05) is 36.1 Å². The van der Waals surface area contributed by atoms with Crippen molar-refractivity contribution in [1.82, 2.24) is 9.80 Å². The minimum Gasteiger partial charge on any atom is -0.494 e. The van der Waals surface area contributed by atoms with Gasteiger partial charge in [0.2, 0.25) is 0 Å². The molecule has 2 unspecified atom stereocenters. The average molecular weight is 665 g/mol. The molecule has 0 saturated carbocycles. The van der Waals surface area contributed by atoms with Gasteiger partial charge in [0.15, 0.2) is 11.6 Å². The molecule has 0 saturated heterocycles. The quantitative estimate of drug-likeness (QED) is 0.0637. The molecule has 0 aliphatic heterocycles. The largest absolute Gasteiger partial charge is 0.494 e. The van der Waals surface area contributed by atoms with E-state index in [-0.39, 0.29) is 23.4 Å². The minimum absolute atomic E-state index is 0.0685. The third kappa shape index (κ3) is 15.7. The van der Waals surface area contributed by atoms with Crippen LogP contribution in [0, 0.1) is 11.8 Å². The molecular formula is C42H68N2O4. The molecule has 2 rings (SSSR count). The normalized spacial score (nSPS) is 12.8. The standard InChI is InChI=1S/C42H68N2O4/c1-7-13-31-47-39-23-19-35(20-24-39)41(45)37(33-43(27-9-3)28-10-4)17-15-16-18-38(34-44(29-11-5)30-12-6)42(46)36-21-25-40(26-22-36)48-32-14-8-2/h19-26,37-38H,7-18,27-34H2,1-6H3. The Bertz CT molecular complexity index is 1020. The Kier molecular flexibility index (Phi) is 21.9. The molecule has 2 aromatic carbocycles. The van der Waals surface area contributed by atoms with Crippen molar-refractivity contribution in [1.29, 1.82) is 0 Å². The lowest BCUT2D eigenvalue weighted by Gasteiger charge is -2.28.